The Balaban J connectivity index is 2.95. The van der Waals surface area contributed by atoms with Crippen molar-refractivity contribution in [1.82, 2.24) is 4.90 Å². The number of methoxy groups -OCH3 is 2. The molecule has 0 aliphatic rings. The summed E-state index contributed by atoms with van der Waals surface area (Å²) in [5.74, 6) is 1.49. The first-order chi connectivity index (χ1) is 8.53. The van der Waals surface area contributed by atoms with Gasteiger partial charge in [-0.15, -0.1) is 0 Å². The highest BCUT2D eigenvalue weighted by atomic mass is 16.5. The number of hydrogen-bond donors (Lipinski definition) is 1. The van der Waals surface area contributed by atoms with Crippen LogP contribution in [-0.4, -0.2) is 43.9 Å². The van der Waals surface area contributed by atoms with Crippen LogP contribution in [0.5, 0.6) is 11.5 Å². The van der Waals surface area contributed by atoms with Crippen LogP contribution in [-0.2, 0) is 6.54 Å². The predicted molar refractivity (Wildman–Crippen MR) is 72.3 cm³/mol. The van der Waals surface area contributed by atoms with Gasteiger partial charge in [-0.2, -0.15) is 0 Å². The lowest BCUT2D eigenvalue weighted by Crippen LogP contribution is -2.31. The Morgan fingerprint density at radius 3 is 2.28 bits per heavy atom. The second-order valence-electron chi connectivity index (χ2n) is 4.58. The van der Waals surface area contributed by atoms with E-state index in [1.807, 2.05) is 26.1 Å². The molecular formula is C14H23NO3. The fourth-order valence-electron chi connectivity index (χ4n) is 1.76. The third kappa shape index (κ3) is 3.37. The monoisotopic (exact) mass is 253 g/mol. The summed E-state index contributed by atoms with van der Waals surface area (Å²) in [5.41, 5.74) is 2.33. The van der Waals surface area contributed by atoms with E-state index in [1.54, 1.807) is 14.2 Å². The van der Waals surface area contributed by atoms with E-state index in [-0.39, 0.29) is 12.6 Å². The van der Waals surface area contributed by atoms with Crippen molar-refractivity contribution in [1.29, 1.82) is 0 Å². The number of aryl methyl sites for hydroxylation is 1. The van der Waals surface area contributed by atoms with E-state index in [0.29, 0.717) is 0 Å². The van der Waals surface area contributed by atoms with E-state index >= 15 is 0 Å². The van der Waals surface area contributed by atoms with Crippen LogP contribution in [0.2, 0.25) is 0 Å². The van der Waals surface area contributed by atoms with Crippen LogP contribution in [0.1, 0.15) is 18.1 Å². The highest BCUT2D eigenvalue weighted by Crippen LogP contribution is 2.30. The van der Waals surface area contributed by atoms with E-state index in [2.05, 4.69) is 11.8 Å². The Bertz CT molecular complexity index is 393. The van der Waals surface area contributed by atoms with Crippen molar-refractivity contribution in [3.8, 4) is 11.5 Å². The molecule has 0 spiro atoms. The Hall–Kier alpha value is -1.26. The highest BCUT2D eigenvalue weighted by molar-refractivity contribution is 5.47. The van der Waals surface area contributed by atoms with E-state index < -0.39 is 0 Å². The van der Waals surface area contributed by atoms with Crippen molar-refractivity contribution < 1.29 is 14.6 Å². The molecule has 4 heteroatoms. The number of rotatable bonds is 6. The van der Waals surface area contributed by atoms with Crippen molar-refractivity contribution in [2.75, 3.05) is 27.9 Å². The molecule has 0 bridgehead atoms. The van der Waals surface area contributed by atoms with Gasteiger partial charge in [0.2, 0.25) is 0 Å². The van der Waals surface area contributed by atoms with Crippen LogP contribution < -0.4 is 9.47 Å². The van der Waals surface area contributed by atoms with Crippen molar-refractivity contribution in [2.45, 2.75) is 26.4 Å². The molecular weight excluding hydrogens is 230 g/mol. The summed E-state index contributed by atoms with van der Waals surface area (Å²) in [7, 11) is 5.27. The van der Waals surface area contributed by atoms with E-state index in [0.717, 1.165) is 23.6 Å². The molecule has 4 nitrogen and oxygen atoms in total. The first-order valence-corrected chi connectivity index (χ1v) is 6.06. The van der Waals surface area contributed by atoms with Crippen LogP contribution in [0.3, 0.4) is 0 Å². The van der Waals surface area contributed by atoms with Gasteiger partial charge in [-0.3, -0.25) is 4.90 Å². The molecule has 1 rings (SSSR count). The third-order valence-corrected chi connectivity index (χ3v) is 3.28. The summed E-state index contributed by atoms with van der Waals surface area (Å²) in [6, 6.07) is 4.11. The number of aliphatic hydroxyl groups excluding tert-OH is 1. The highest BCUT2D eigenvalue weighted by Gasteiger charge is 2.13. The minimum atomic E-state index is 0.137. The molecule has 0 saturated heterocycles. The minimum absolute atomic E-state index is 0.137. The van der Waals surface area contributed by atoms with Crippen LogP contribution >= 0.6 is 0 Å². The predicted octanol–water partition coefficient (Wildman–Crippen LogP) is 1.82. The summed E-state index contributed by atoms with van der Waals surface area (Å²) in [6.07, 6.45) is 0. The van der Waals surface area contributed by atoms with Crippen LogP contribution in [0.25, 0.3) is 0 Å². The van der Waals surface area contributed by atoms with E-state index in [4.69, 9.17) is 14.6 Å². The third-order valence-electron chi connectivity index (χ3n) is 3.28. The SMILES string of the molecule is COc1cc(C)c(CN(C)C(C)CO)cc1OC. The topological polar surface area (TPSA) is 41.9 Å². The van der Waals surface area contributed by atoms with Gasteiger partial charge in [-0.25, -0.2) is 0 Å². The summed E-state index contributed by atoms with van der Waals surface area (Å²) in [4.78, 5) is 2.11. The van der Waals surface area contributed by atoms with Gasteiger partial charge in [0.25, 0.3) is 0 Å². The summed E-state index contributed by atoms with van der Waals surface area (Å²) < 4.78 is 10.6. The molecule has 1 aromatic rings. The van der Waals surface area contributed by atoms with Gasteiger partial charge in [0.05, 0.1) is 20.8 Å². The smallest absolute Gasteiger partial charge is 0.161 e. The average Bonchev–Trinajstić information content (AvgIpc) is 2.39. The Kier molecular flexibility index (Phi) is 5.44. The van der Waals surface area contributed by atoms with Crippen molar-refractivity contribution >= 4 is 0 Å². The Morgan fingerprint density at radius 1 is 1.22 bits per heavy atom. The molecule has 1 aromatic carbocycles. The van der Waals surface area contributed by atoms with Crippen LogP contribution in [0.15, 0.2) is 12.1 Å². The first kappa shape index (κ1) is 14.8. The molecule has 1 N–H and O–H groups in total. The quantitative estimate of drug-likeness (QED) is 0.840. The van der Waals surface area contributed by atoms with Crippen molar-refractivity contribution in [3.63, 3.8) is 0 Å². The minimum Gasteiger partial charge on any atom is -0.493 e. The molecule has 0 aliphatic carbocycles. The average molecular weight is 253 g/mol. The summed E-state index contributed by atoms with van der Waals surface area (Å²) in [5, 5.41) is 9.15. The molecule has 18 heavy (non-hydrogen) atoms. The fourth-order valence-corrected chi connectivity index (χ4v) is 1.76. The van der Waals surface area contributed by atoms with Gasteiger partial charge in [0.15, 0.2) is 11.5 Å². The van der Waals surface area contributed by atoms with Crippen LogP contribution in [0, 0.1) is 6.92 Å². The summed E-state index contributed by atoms with van der Waals surface area (Å²) in [6.45, 7) is 4.97. The standard InChI is InChI=1S/C14H23NO3/c1-10-6-13(17-4)14(18-5)7-12(10)8-15(3)11(2)9-16/h6-7,11,16H,8-9H2,1-5H3. The molecule has 0 heterocycles. The van der Waals surface area contributed by atoms with Gasteiger partial charge in [-0.1, -0.05) is 0 Å². The van der Waals surface area contributed by atoms with Gasteiger partial charge in [-0.05, 0) is 44.2 Å². The molecule has 102 valence electrons. The fraction of sp³-hybridized carbons (Fsp3) is 0.571. The van der Waals surface area contributed by atoms with E-state index in [9.17, 15) is 0 Å². The van der Waals surface area contributed by atoms with Gasteiger partial charge >= 0.3 is 0 Å². The molecule has 0 amide bonds. The lowest BCUT2D eigenvalue weighted by Gasteiger charge is -2.24. The molecule has 0 saturated carbocycles. The first-order valence-electron chi connectivity index (χ1n) is 6.06. The molecule has 0 aromatic heterocycles. The zero-order valence-corrected chi connectivity index (χ0v) is 11.9. The molecule has 0 radical (unpaired) electrons. The number of hydrogen-bond acceptors (Lipinski definition) is 4. The second-order valence-corrected chi connectivity index (χ2v) is 4.58. The van der Waals surface area contributed by atoms with Crippen molar-refractivity contribution in [3.05, 3.63) is 23.3 Å². The molecule has 0 aliphatic heterocycles. The molecule has 1 atom stereocenters. The lowest BCUT2D eigenvalue weighted by molar-refractivity contribution is 0.153. The lowest BCUT2D eigenvalue weighted by atomic mass is 10.1. The van der Waals surface area contributed by atoms with Crippen molar-refractivity contribution in [2.24, 2.45) is 0 Å². The normalized spacial score (nSPS) is 12.6. The number of ether oxygens (including phenoxy) is 2. The second kappa shape index (κ2) is 6.61. The Labute approximate surface area is 109 Å². The molecule has 0 fully saturated rings. The summed E-state index contributed by atoms with van der Waals surface area (Å²) >= 11 is 0. The number of likely N-dealkylation sites (N-methyl/N-ethyl adjacent to an activating group) is 1. The van der Waals surface area contributed by atoms with Gasteiger partial charge in [0.1, 0.15) is 0 Å². The number of nitrogens with zero attached hydrogens (tertiary/aromatic N) is 1. The zero-order valence-electron chi connectivity index (χ0n) is 11.9. The van der Waals surface area contributed by atoms with Gasteiger partial charge in [0, 0.05) is 12.6 Å². The molecule has 1 unspecified atom stereocenters. The number of benzene rings is 1. The van der Waals surface area contributed by atoms with Gasteiger partial charge < -0.3 is 14.6 Å². The zero-order chi connectivity index (χ0) is 13.7. The maximum Gasteiger partial charge on any atom is 0.161 e. The maximum absolute atomic E-state index is 9.15. The number of aliphatic hydroxyl groups is 1. The van der Waals surface area contributed by atoms with Crippen LogP contribution in [0.4, 0.5) is 0 Å². The largest absolute Gasteiger partial charge is 0.493 e. The Morgan fingerprint density at radius 2 is 1.78 bits per heavy atom. The van der Waals surface area contributed by atoms with E-state index in [1.165, 1.54) is 5.56 Å². The maximum atomic E-state index is 9.15.